The number of hydrogen-bond donors (Lipinski definition) is 11. The molecule has 418 valence electrons. The summed E-state index contributed by atoms with van der Waals surface area (Å²) in [6.45, 7) is 0.509. The second-order valence-corrected chi connectivity index (χ2v) is 17.8. The summed E-state index contributed by atoms with van der Waals surface area (Å²) in [6, 6.07) is 6.13. The Kier molecular flexibility index (Phi) is 21.1. The van der Waals surface area contributed by atoms with Crippen LogP contribution >= 0.6 is 0 Å². The molecule has 5 aliphatic rings. The highest BCUT2D eigenvalue weighted by Crippen LogP contribution is 2.39. The molecule has 0 radical (unpaired) electrons. The number of esters is 4. The van der Waals surface area contributed by atoms with E-state index in [1.54, 1.807) is 12.1 Å². The van der Waals surface area contributed by atoms with Gasteiger partial charge in [-0.1, -0.05) is 24.3 Å². The number of carbonyl (C=O) groups excluding carboxylic acids is 4. The summed E-state index contributed by atoms with van der Waals surface area (Å²) in [5.74, 6) is -6.59. The van der Waals surface area contributed by atoms with Crippen molar-refractivity contribution >= 4 is 23.9 Å². The van der Waals surface area contributed by atoms with E-state index in [2.05, 4.69) is 0 Å². The van der Waals surface area contributed by atoms with Gasteiger partial charge < -0.3 is 113 Å². The monoisotopic (exact) mass is 1070 g/mol. The Hall–Kier alpha value is -5.18. The third-order valence-electron chi connectivity index (χ3n) is 13.1. The van der Waals surface area contributed by atoms with Gasteiger partial charge in [0, 0.05) is 23.0 Å². The molecule has 0 amide bonds. The van der Waals surface area contributed by atoms with Gasteiger partial charge in [-0.15, -0.1) is 0 Å². The molecule has 27 nitrogen and oxygen atoms in total. The summed E-state index contributed by atoms with van der Waals surface area (Å²) in [6.07, 6.45) is -25.5. The van der Waals surface area contributed by atoms with Crippen LogP contribution in [0.3, 0.4) is 0 Å². The van der Waals surface area contributed by atoms with Gasteiger partial charge in [-0.2, -0.15) is 0 Å². The van der Waals surface area contributed by atoms with Crippen LogP contribution in [-0.4, -0.2) is 225 Å². The lowest BCUT2D eigenvalue weighted by Gasteiger charge is -2.42. The first-order valence-electron chi connectivity index (χ1n) is 23.7. The van der Waals surface area contributed by atoms with Gasteiger partial charge in [-0.3, -0.25) is 9.59 Å². The first kappa shape index (κ1) is 59.1. The highest BCUT2D eigenvalue weighted by molar-refractivity contribution is 5.91. The average molecular weight is 1070 g/mol. The Morgan fingerprint density at radius 2 is 1.04 bits per heavy atom. The summed E-state index contributed by atoms with van der Waals surface area (Å²) in [7, 11) is 2.13. The Bertz CT molecular complexity index is 2230. The molecule has 11 N–H and O–H groups in total. The maximum Gasteiger partial charge on any atom is 0.337 e. The highest BCUT2D eigenvalue weighted by Gasteiger charge is 2.51. The van der Waals surface area contributed by atoms with E-state index < -0.39 is 173 Å². The molecule has 0 unspecified atom stereocenters. The normalized spacial score (nSPS) is 37.1. The zero-order chi connectivity index (χ0) is 54.8. The Balaban J connectivity index is 1.21. The number of aromatic hydroxyl groups is 1. The fourth-order valence-electron chi connectivity index (χ4n) is 8.90. The predicted molar refractivity (Wildman–Crippen MR) is 243 cm³/mol. The number of allylic oxidation sites excluding steroid dienone is 2. The van der Waals surface area contributed by atoms with Gasteiger partial charge in [-0.05, 0) is 38.0 Å². The summed E-state index contributed by atoms with van der Waals surface area (Å²) >= 11 is 0. The Morgan fingerprint density at radius 1 is 0.587 bits per heavy atom. The van der Waals surface area contributed by atoms with Gasteiger partial charge in [0.05, 0.1) is 70.6 Å². The lowest BCUT2D eigenvalue weighted by atomic mass is 9.86. The molecular weight excluding hydrogens is 1010 g/mol. The van der Waals surface area contributed by atoms with E-state index >= 15 is 0 Å². The quantitative estimate of drug-likeness (QED) is 0.0360. The number of aliphatic hydroxyl groups excluding tert-OH is 10. The van der Waals surface area contributed by atoms with E-state index in [0.29, 0.717) is 5.56 Å². The molecule has 0 aliphatic carbocycles. The van der Waals surface area contributed by atoms with Crippen LogP contribution in [0.25, 0.3) is 0 Å². The van der Waals surface area contributed by atoms with E-state index in [-0.39, 0.29) is 41.1 Å². The predicted octanol–water partition coefficient (Wildman–Crippen LogP) is -3.78. The molecule has 6 rings (SSSR count). The molecule has 5 aliphatic heterocycles. The molecule has 19 atom stereocenters. The van der Waals surface area contributed by atoms with Crippen LogP contribution in [0.1, 0.15) is 32.3 Å². The fraction of sp³-hybridized carbons (Fsp3) is 0.625. The number of phenols is 1. The Labute approximate surface area is 428 Å². The molecule has 3 saturated heterocycles. The van der Waals surface area contributed by atoms with Crippen LogP contribution in [0, 0.1) is 11.8 Å². The topological polar surface area (TPSA) is 402 Å². The lowest BCUT2D eigenvalue weighted by molar-refractivity contribution is -0.327. The van der Waals surface area contributed by atoms with Crippen LogP contribution in [0.5, 0.6) is 5.75 Å². The minimum atomic E-state index is -2.00. The summed E-state index contributed by atoms with van der Waals surface area (Å²) in [5.41, 5.74) is 0.407. The van der Waals surface area contributed by atoms with Crippen molar-refractivity contribution in [3.8, 4) is 5.75 Å². The van der Waals surface area contributed by atoms with Gasteiger partial charge in [-0.25, -0.2) is 9.59 Å². The van der Waals surface area contributed by atoms with Crippen LogP contribution in [-0.2, 0) is 82.4 Å². The van der Waals surface area contributed by atoms with Crippen molar-refractivity contribution in [2.75, 3.05) is 40.6 Å². The third-order valence-corrected chi connectivity index (χ3v) is 13.1. The average Bonchev–Trinajstić information content (AvgIpc) is 3.40. The third kappa shape index (κ3) is 13.7. The van der Waals surface area contributed by atoms with Crippen molar-refractivity contribution in [2.45, 2.75) is 138 Å². The van der Waals surface area contributed by atoms with Gasteiger partial charge in [0.1, 0.15) is 79.5 Å². The van der Waals surface area contributed by atoms with E-state index in [0.717, 1.165) is 26.7 Å². The van der Waals surface area contributed by atoms with Crippen molar-refractivity contribution in [1.82, 2.24) is 0 Å². The van der Waals surface area contributed by atoms with Gasteiger partial charge in [0.2, 0.25) is 12.6 Å². The van der Waals surface area contributed by atoms with Gasteiger partial charge >= 0.3 is 23.9 Å². The first-order valence-corrected chi connectivity index (χ1v) is 23.7. The van der Waals surface area contributed by atoms with E-state index in [9.17, 15) is 75.3 Å². The molecule has 0 aromatic heterocycles. The second-order valence-electron chi connectivity index (χ2n) is 17.8. The van der Waals surface area contributed by atoms with Crippen molar-refractivity contribution in [3.05, 3.63) is 76.8 Å². The Morgan fingerprint density at radius 3 is 1.49 bits per heavy atom. The number of hydrogen-bond acceptors (Lipinski definition) is 27. The SMILES string of the molecule is C/C=C1\[C@H](O[C@@H]2O[C@H](CO)[C@@H](O)[C@H](O)[C@H]2O)OC=C(C(=O)OC)[C@H]1CC(=O)OC[C@H]1O[C@@H](OCCc2ccc(O)cc2)[C@H](O)[C@@H](O)[C@@H]1OC(=O)C[C@@H]1C(C(=O)OC)=CO[C@@H](O[C@@H]2O[C@H](CO)[C@@H](O)[C@H](O)[C@H]2O)/C1=C\C. The second kappa shape index (κ2) is 26.7. The fourth-order valence-corrected chi connectivity index (χ4v) is 8.90. The molecule has 0 spiro atoms. The van der Waals surface area contributed by atoms with Crippen molar-refractivity contribution in [1.29, 1.82) is 0 Å². The number of aliphatic hydroxyl groups is 10. The van der Waals surface area contributed by atoms with Crippen molar-refractivity contribution in [3.63, 3.8) is 0 Å². The minimum Gasteiger partial charge on any atom is -0.508 e. The number of carbonyl (C=O) groups is 4. The number of benzene rings is 1. The van der Waals surface area contributed by atoms with E-state index in [1.165, 1.54) is 38.1 Å². The van der Waals surface area contributed by atoms with Gasteiger partial charge in [0.15, 0.2) is 25.0 Å². The molecule has 27 heteroatoms. The maximum absolute atomic E-state index is 14.1. The van der Waals surface area contributed by atoms with Crippen LogP contribution in [0.15, 0.2) is 71.2 Å². The zero-order valence-electron chi connectivity index (χ0n) is 41.0. The molecule has 75 heavy (non-hydrogen) atoms. The number of methoxy groups -OCH3 is 2. The molecule has 1 aromatic rings. The molecule has 3 fully saturated rings. The van der Waals surface area contributed by atoms with E-state index in [1.807, 2.05) is 0 Å². The number of phenolic OH excluding ortho intramolecular Hbond substituents is 1. The van der Waals surface area contributed by atoms with Crippen LogP contribution in [0.2, 0.25) is 0 Å². The molecular formula is C48H64O27. The molecule has 1 aromatic carbocycles. The first-order chi connectivity index (χ1) is 35.8. The molecule has 0 bridgehead atoms. The minimum absolute atomic E-state index is 0.0156. The zero-order valence-corrected chi connectivity index (χ0v) is 41.0. The summed E-state index contributed by atoms with van der Waals surface area (Å²) < 4.78 is 66.8. The lowest BCUT2D eigenvalue weighted by Crippen LogP contribution is -2.61. The smallest absolute Gasteiger partial charge is 0.337 e. The molecule has 0 saturated carbocycles. The summed E-state index contributed by atoms with van der Waals surface area (Å²) in [4.78, 5) is 54.1. The molecule has 5 heterocycles. The number of ether oxygens (including phenoxy) is 12. The maximum atomic E-state index is 14.1. The standard InChI is InChI=1S/C48H64O27/c1-5-22-24(26(42(62)64-3)17-68-44(22)74-47-38(59)35(56)33(54)28(15-49)70-47)13-31(52)67-19-30-41(37(58)40(61)46(72-30)66-12-11-20-7-9-21(51)10-8-20)73-32(53)14-25-23(6-2)45(69-18-27(25)43(63)65-4)75-48-39(60)36(57)34(55)29(16-50)71-48/h5-10,17-18,24-25,28-30,33-41,44-51,54-61H,11-16,19H2,1-4H3/b22-5-,23-6-/t24-,25-,28+,29+,30+,33+,34+,35-,36-,37+,38+,39+,40+,41+,44-,45-,46+,47-,48-/m0/s1. The number of rotatable bonds is 19. The van der Waals surface area contributed by atoms with Crippen LogP contribution in [0.4, 0.5) is 0 Å². The van der Waals surface area contributed by atoms with E-state index in [4.69, 9.17) is 56.8 Å². The summed E-state index contributed by atoms with van der Waals surface area (Å²) in [5, 5.41) is 114. The highest BCUT2D eigenvalue weighted by atomic mass is 16.8. The van der Waals surface area contributed by atoms with Crippen molar-refractivity contribution < 1.29 is 132 Å². The largest absolute Gasteiger partial charge is 0.508 e. The van der Waals surface area contributed by atoms with Gasteiger partial charge in [0.25, 0.3) is 0 Å². The van der Waals surface area contributed by atoms with Crippen LogP contribution < -0.4 is 0 Å². The van der Waals surface area contributed by atoms with Crippen molar-refractivity contribution in [2.24, 2.45) is 11.8 Å².